The Balaban J connectivity index is 2.01. The third kappa shape index (κ3) is 2.89. The Hall–Kier alpha value is -3.22. The number of carboxylic acids is 1. The number of nitrogens with zero attached hydrogens (tertiary/aromatic N) is 2. The maximum absolute atomic E-state index is 12.4. The number of benzene rings is 1. The monoisotopic (exact) mass is 311 g/mol. The second-order valence-corrected chi connectivity index (χ2v) is 5.06. The van der Waals surface area contributed by atoms with Crippen LogP contribution < -0.4 is 11.2 Å². The summed E-state index contributed by atoms with van der Waals surface area (Å²) in [6, 6.07) is 7.70. The number of aromatic nitrogens is 3. The van der Waals surface area contributed by atoms with Crippen molar-refractivity contribution < 1.29 is 9.90 Å². The van der Waals surface area contributed by atoms with Crippen LogP contribution in [0.1, 0.15) is 15.9 Å². The molecule has 116 valence electrons. The lowest BCUT2D eigenvalue weighted by Gasteiger charge is -2.07. The number of aromatic carboxylic acids is 1. The van der Waals surface area contributed by atoms with E-state index in [4.69, 9.17) is 5.11 Å². The molecule has 2 N–H and O–H groups in total. The number of carbonyl (C=O) groups is 1. The molecule has 0 amide bonds. The molecule has 0 bridgehead atoms. The number of hydrogen-bond donors (Lipinski definition) is 2. The Morgan fingerprint density at radius 1 is 1.26 bits per heavy atom. The maximum Gasteiger partial charge on any atom is 0.335 e. The van der Waals surface area contributed by atoms with E-state index in [-0.39, 0.29) is 23.0 Å². The molecule has 0 aliphatic carbocycles. The average Bonchev–Trinajstić information content (AvgIpc) is 2.55. The number of carboxylic acid groups (broad SMARTS) is 1. The number of H-pyrrole nitrogens is 1. The summed E-state index contributed by atoms with van der Waals surface area (Å²) in [6.07, 6.45) is 3.83. The van der Waals surface area contributed by atoms with Crippen LogP contribution in [0.4, 0.5) is 0 Å². The summed E-state index contributed by atoms with van der Waals surface area (Å²) in [5.74, 6) is -1.12. The van der Waals surface area contributed by atoms with Gasteiger partial charge in [0, 0.05) is 18.9 Å². The summed E-state index contributed by atoms with van der Waals surface area (Å²) in [5, 5.41) is 9.25. The highest BCUT2D eigenvalue weighted by molar-refractivity contribution is 5.92. The minimum atomic E-state index is -1.12. The van der Waals surface area contributed by atoms with Crippen molar-refractivity contribution in [2.24, 2.45) is 0 Å². The van der Waals surface area contributed by atoms with Crippen LogP contribution in [0.2, 0.25) is 0 Å². The highest BCUT2D eigenvalue weighted by atomic mass is 16.4. The molecule has 0 aliphatic rings. The van der Waals surface area contributed by atoms with Gasteiger partial charge >= 0.3 is 11.7 Å². The molecule has 7 heteroatoms. The van der Waals surface area contributed by atoms with E-state index in [0.29, 0.717) is 6.42 Å². The highest BCUT2D eigenvalue weighted by Gasteiger charge is 2.10. The van der Waals surface area contributed by atoms with Gasteiger partial charge < -0.3 is 10.1 Å². The maximum atomic E-state index is 12.4. The minimum Gasteiger partial charge on any atom is -0.478 e. The lowest BCUT2D eigenvalue weighted by molar-refractivity contribution is 0.0697. The first-order chi connectivity index (χ1) is 11.1. The van der Waals surface area contributed by atoms with Crippen molar-refractivity contribution in [1.29, 1.82) is 0 Å². The molecule has 0 atom stereocenters. The predicted octanol–water partition coefficient (Wildman–Crippen LogP) is 1.03. The zero-order valence-electron chi connectivity index (χ0n) is 12.0. The van der Waals surface area contributed by atoms with Gasteiger partial charge in [-0.2, -0.15) is 0 Å². The van der Waals surface area contributed by atoms with Crippen LogP contribution in [-0.2, 0) is 13.0 Å². The second-order valence-electron chi connectivity index (χ2n) is 5.06. The number of fused-ring (bicyclic) bond motifs is 1. The van der Waals surface area contributed by atoms with E-state index in [1.807, 2.05) is 6.07 Å². The van der Waals surface area contributed by atoms with Gasteiger partial charge in [0.25, 0.3) is 5.56 Å². The molecule has 3 rings (SSSR count). The minimum absolute atomic E-state index is 0.0145. The van der Waals surface area contributed by atoms with E-state index in [2.05, 4.69) is 9.97 Å². The molecule has 0 saturated heterocycles. The van der Waals surface area contributed by atoms with Crippen LogP contribution in [0.3, 0.4) is 0 Å². The van der Waals surface area contributed by atoms with Crippen LogP contribution in [0.5, 0.6) is 0 Å². The fraction of sp³-hybridized carbons (Fsp3) is 0.125. The Morgan fingerprint density at radius 3 is 2.78 bits per heavy atom. The number of aromatic amines is 1. The second kappa shape index (κ2) is 5.88. The van der Waals surface area contributed by atoms with Gasteiger partial charge in [-0.3, -0.25) is 14.3 Å². The fourth-order valence-corrected chi connectivity index (χ4v) is 2.38. The topological polar surface area (TPSA) is 105 Å². The van der Waals surface area contributed by atoms with E-state index in [1.54, 1.807) is 18.5 Å². The van der Waals surface area contributed by atoms with E-state index in [1.165, 1.54) is 18.2 Å². The summed E-state index contributed by atoms with van der Waals surface area (Å²) in [7, 11) is 0. The van der Waals surface area contributed by atoms with Gasteiger partial charge in [-0.1, -0.05) is 6.07 Å². The van der Waals surface area contributed by atoms with Crippen molar-refractivity contribution in [3.63, 3.8) is 0 Å². The summed E-state index contributed by atoms with van der Waals surface area (Å²) < 4.78 is 1.11. The smallest absolute Gasteiger partial charge is 0.335 e. The molecular weight excluding hydrogens is 298 g/mol. The lowest BCUT2D eigenvalue weighted by Crippen LogP contribution is -2.35. The van der Waals surface area contributed by atoms with Crippen LogP contribution in [0, 0.1) is 0 Å². The molecule has 0 saturated carbocycles. The first-order valence-corrected chi connectivity index (χ1v) is 6.95. The molecule has 0 aliphatic heterocycles. The number of rotatable bonds is 4. The third-order valence-electron chi connectivity index (χ3n) is 3.58. The molecule has 23 heavy (non-hydrogen) atoms. The summed E-state index contributed by atoms with van der Waals surface area (Å²) in [5.41, 5.74) is 0.150. The van der Waals surface area contributed by atoms with Gasteiger partial charge in [0.2, 0.25) is 0 Å². The summed E-state index contributed by atoms with van der Waals surface area (Å²) in [6.45, 7) is 0.219. The van der Waals surface area contributed by atoms with E-state index >= 15 is 0 Å². The lowest BCUT2D eigenvalue weighted by atomic mass is 10.1. The number of nitrogens with one attached hydrogen (secondary N) is 1. The van der Waals surface area contributed by atoms with Crippen LogP contribution in [-0.4, -0.2) is 25.6 Å². The number of pyridine rings is 1. The van der Waals surface area contributed by atoms with Gasteiger partial charge in [0.15, 0.2) is 0 Å². The van der Waals surface area contributed by atoms with Crippen molar-refractivity contribution in [3.8, 4) is 0 Å². The third-order valence-corrected chi connectivity index (χ3v) is 3.58. The van der Waals surface area contributed by atoms with Crippen molar-refractivity contribution >= 4 is 16.9 Å². The molecule has 0 unspecified atom stereocenters. The predicted molar refractivity (Wildman–Crippen MR) is 83.7 cm³/mol. The number of hydrogen-bond acceptors (Lipinski definition) is 4. The standard InChI is InChI=1S/C16H13N3O4/c20-14-12-4-3-11(15(21)22)8-13(12)18-16(23)19(14)7-5-10-2-1-6-17-9-10/h1-4,6,8-9H,5,7H2,(H,18,23)(H,21,22). The van der Waals surface area contributed by atoms with Gasteiger partial charge in [0.05, 0.1) is 16.5 Å². The summed E-state index contributed by atoms with van der Waals surface area (Å²) in [4.78, 5) is 42.0. The van der Waals surface area contributed by atoms with Gasteiger partial charge in [-0.05, 0) is 36.2 Å². The molecule has 3 aromatic rings. The molecule has 1 aromatic carbocycles. The zero-order chi connectivity index (χ0) is 16.4. The Labute approximate surface area is 129 Å². The SMILES string of the molecule is O=C(O)c1ccc2c(=O)n(CCc3cccnc3)c(=O)[nH]c2c1. The van der Waals surface area contributed by atoms with E-state index < -0.39 is 17.2 Å². The van der Waals surface area contributed by atoms with Gasteiger partial charge in [-0.15, -0.1) is 0 Å². The van der Waals surface area contributed by atoms with Crippen molar-refractivity contribution in [1.82, 2.24) is 14.5 Å². The van der Waals surface area contributed by atoms with E-state index in [9.17, 15) is 14.4 Å². The number of aryl methyl sites for hydroxylation is 1. The zero-order valence-corrected chi connectivity index (χ0v) is 12.0. The Bertz CT molecular complexity index is 990. The Kier molecular flexibility index (Phi) is 3.76. The first-order valence-electron chi connectivity index (χ1n) is 6.95. The first kappa shape index (κ1) is 14.7. The molecule has 7 nitrogen and oxygen atoms in total. The molecule has 0 spiro atoms. The van der Waals surface area contributed by atoms with Crippen molar-refractivity contribution in [2.45, 2.75) is 13.0 Å². The largest absolute Gasteiger partial charge is 0.478 e. The van der Waals surface area contributed by atoms with E-state index in [0.717, 1.165) is 10.1 Å². The molecular formula is C16H13N3O4. The summed E-state index contributed by atoms with van der Waals surface area (Å²) >= 11 is 0. The van der Waals surface area contributed by atoms with Gasteiger partial charge in [-0.25, -0.2) is 9.59 Å². The van der Waals surface area contributed by atoms with Gasteiger partial charge in [0.1, 0.15) is 0 Å². The van der Waals surface area contributed by atoms with Crippen molar-refractivity contribution in [2.75, 3.05) is 0 Å². The highest BCUT2D eigenvalue weighted by Crippen LogP contribution is 2.09. The van der Waals surface area contributed by atoms with Crippen LogP contribution in [0.15, 0.2) is 52.3 Å². The molecule has 2 aromatic heterocycles. The quantitative estimate of drug-likeness (QED) is 0.748. The van der Waals surface area contributed by atoms with Crippen LogP contribution in [0.25, 0.3) is 10.9 Å². The molecule has 2 heterocycles. The normalized spacial score (nSPS) is 10.8. The molecule has 0 radical (unpaired) electrons. The molecule has 0 fully saturated rings. The van der Waals surface area contributed by atoms with Crippen LogP contribution >= 0.6 is 0 Å². The Morgan fingerprint density at radius 2 is 2.09 bits per heavy atom. The average molecular weight is 311 g/mol. The van der Waals surface area contributed by atoms with Crippen molar-refractivity contribution in [3.05, 3.63) is 74.7 Å². The fourth-order valence-electron chi connectivity index (χ4n) is 2.38.